The smallest absolute Gasteiger partial charge is 0.141 e. The molecule has 2 fully saturated rings. The van der Waals surface area contributed by atoms with Crippen LogP contribution in [0.25, 0.3) is 0 Å². The zero-order chi connectivity index (χ0) is 18.2. The number of allylic oxidation sites excluding steroid dienone is 2. The lowest BCUT2D eigenvalue weighted by atomic mass is 9.64. The minimum Gasteiger partial charge on any atom is -0.206 e. The number of fused-ring (bicyclic) bond motifs is 1. The first-order valence-corrected chi connectivity index (χ1v) is 8.13. The van der Waals surface area contributed by atoms with Gasteiger partial charge in [-0.3, -0.25) is 0 Å². The van der Waals surface area contributed by atoms with E-state index in [2.05, 4.69) is 12.2 Å². The molecule has 0 aliphatic heterocycles. The van der Waals surface area contributed by atoms with Gasteiger partial charge in [0.15, 0.2) is 0 Å². The van der Waals surface area contributed by atoms with Gasteiger partial charge >= 0.3 is 0 Å². The van der Waals surface area contributed by atoms with Crippen molar-refractivity contribution < 1.29 is 8.50 Å². The van der Waals surface area contributed by atoms with Crippen LogP contribution >= 0.6 is 0 Å². The van der Waals surface area contributed by atoms with Crippen molar-refractivity contribution in [3.63, 3.8) is 0 Å². The first-order chi connectivity index (χ1) is 11.9. The van der Waals surface area contributed by atoms with Crippen molar-refractivity contribution in [2.45, 2.75) is 51.3 Å². The van der Waals surface area contributed by atoms with Gasteiger partial charge in [0.1, 0.15) is 11.9 Å². The first-order valence-electron chi connectivity index (χ1n) is 9.70. The van der Waals surface area contributed by atoms with Crippen LogP contribution < -0.4 is 0 Å². The summed E-state index contributed by atoms with van der Waals surface area (Å²) < 4.78 is 40.1. The van der Waals surface area contributed by atoms with Gasteiger partial charge in [-0.05, 0) is 86.7 Å². The number of halogens is 1. The van der Waals surface area contributed by atoms with Crippen LogP contribution in [-0.4, -0.2) is 0 Å². The molecule has 0 aromatic heterocycles. The van der Waals surface area contributed by atoms with Crippen molar-refractivity contribution in [3.05, 3.63) is 47.3 Å². The van der Waals surface area contributed by atoms with Crippen LogP contribution in [0.15, 0.2) is 30.4 Å². The van der Waals surface area contributed by atoms with Gasteiger partial charge in [-0.1, -0.05) is 18.2 Å². The van der Waals surface area contributed by atoms with Gasteiger partial charge in [-0.2, -0.15) is 5.26 Å². The minimum atomic E-state index is -1.53. The molecule has 5 unspecified atom stereocenters. The number of hydrogen-bond donors (Lipinski definition) is 0. The molecule has 0 saturated heterocycles. The Hall–Kier alpha value is -1.62. The standard InChI is InChI=1S/C20H24FN/c1-2-3-14-4-5-16-11-17(7-6-15(16)10-14)18-8-9-19(13-22)20(21)12-18/h2-3,8-9,12,14-17H,4-7,10-11H2,1H3/i7D,11D2. The zero-order valence-electron chi connectivity index (χ0n) is 15.9. The molecule has 2 heteroatoms. The number of nitriles is 1. The second kappa shape index (κ2) is 6.65. The summed E-state index contributed by atoms with van der Waals surface area (Å²) in [6.45, 7) is 2.01. The lowest BCUT2D eigenvalue weighted by Gasteiger charge is -2.41. The highest BCUT2D eigenvalue weighted by atomic mass is 19.1. The van der Waals surface area contributed by atoms with Gasteiger partial charge in [0.2, 0.25) is 0 Å². The van der Waals surface area contributed by atoms with Crippen molar-refractivity contribution in [2.75, 3.05) is 0 Å². The highest BCUT2D eigenvalue weighted by molar-refractivity contribution is 5.35. The quantitative estimate of drug-likeness (QED) is 0.655. The van der Waals surface area contributed by atoms with Crippen LogP contribution in [0.4, 0.5) is 4.39 Å². The summed E-state index contributed by atoms with van der Waals surface area (Å²) in [7, 11) is 0. The Morgan fingerprint density at radius 1 is 1.32 bits per heavy atom. The van der Waals surface area contributed by atoms with Crippen LogP contribution in [0, 0.1) is 34.9 Å². The Balaban J connectivity index is 1.90. The van der Waals surface area contributed by atoms with Crippen LogP contribution in [0.2, 0.25) is 0 Å². The fraction of sp³-hybridized carbons (Fsp3) is 0.550. The zero-order valence-corrected chi connectivity index (χ0v) is 12.9. The summed E-state index contributed by atoms with van der Waals surface area (Å²) >= 11 is 0. The summed E-state index contributed by atoms with van der Waals surface area (Å²) in [5.74, 6) is -0.652. The summed E-state index contributed by atoms with van der Waals surface area (Å²) in [6, 6.07) is 6.08. The van der Waals surface area contributed by atoms with E-state index in [9.17, 15) is 4.39 Å². The molecule has 0 radical (unpaired) electrons. The predicted octanol–water partition coefficient (Wildman–Crippen LogP) is 5.57. The van der Waals surface area contributed by atoms with Crippen molar-refractivity contribution in [1.29, 1.82) is 5.26 Å². The Morgan fingerprint density at radius 2 is 2.18 bits per heavy atom. The Bertz CT molecular complexity index is 709. The summed E-state index contributed by atoms with van der Waals surface area (Å²) in [4.78, 5) is 0. The summed E-state index contributed by atoms with van der Waals surface area (Å²) in [5, 5.41) is 8.89. The van der Waals surface area contributed by atoms with Crippen molar-refractivity contribution in [2.24, 2.45) is 17.8 Å². The van der Waals surface area contributed by atoms with E-state index >= 15 is 0 Å². The van der Waals surface area contributed by atoms with E-state index in [4.69, 9.17) is 9.37 Å². The highest BCUT2D eigenvalue weighted by Gasteiger charge is 2.35. The average Bonchev–Trinajstić information content (AvgIpc) is 2.54. The van der Waals surface area contributed by atoms with Gasteiger partial charge in [0.05, 0.1) is 5.56 Å². The molecule has 22 heavy (non-hydrogen) atoms. The molecule has 0 bridgehead atoms. The second-order valence-corrected chi connectivity index (χ2v) is 6.43. The van der Waals surface area contributed by atoms with Gasteiger partial charge in [-0.25, -0.2) is 4.39 Å². The van der Waals surface area contributed by atoms with E-state index in [-0.39, 0.29) is 17.4 Å². The molecule has 2 aliphatic carbocycles. The minimum absolute atomic E-state index is 0.0358. The van der Waals surface area contributed by atoms with Crippen LogP contribution in [0.3, 0.4) is 0 Å². The topological polar surface area (TPSA) is 23.8 Å². The highest BCUT2D eigenvalue weighted by Crippen LogP contribution is 2.47. The largest absolute Gasteiger partial charge is 0.206 e. The third-order valence-corrected chi connectivity index (χ3v) is 5.03. The fourth-order valence-electron chi connectivity index (χ4n) is 3.88. The molecule has 2 saturated carbocycles. The van der Waals surface area contributed by atoms with Gasteiger partial charge < -0.3 is 0 Å². The summed E-state index contributed by atoms with van der Waals surface area (Å²) in [5.41, 5.74) is 0.474. The molecule has 0 spiro atoms. The Morgan fingerprint density at radius 3 is 2.91 bits per heavy atom. The molecular weight excluding hydrogens is 273 g/mol. The molecule has 1 aromatic carbocycles. The van der Waals surface area contributed by atoms with Crippen molar-refractivity contribution >= 4 is 0 Å². The predicted molar refractivity (Wildman–Crippen MR) is 86.8 cm³/mol. The molecule has 0 heterocycles. The number of nitrogens with zero attached hydrogens (tertiary/aromatic N) is 1. The monoisotopic (exact) mass is 300 g/mol. The molecule has 116 valence electrons. The second-order valence-electron chi connectivity index (χ2n) is 6.43. The van der Waals surface area contributed by atoms with E-state index < -0.39 is 24.5 Å². The number of hydrogen-bond acceptors (Lipinski definition) is 1. The number of rotatable bonds is 2. The lowest BCUT2D eigenvalue weighted by molar-refractivity contribution is 0.133. The van der Waals surface area contributed by atoms with Gasteiger partial charge in [-0.15, -0.1) is 0 Å². The molecule has 1 aromatic rings. The third kappa shape index (κ3) is 3.09. The van der Waals surface area contributed by atoms with Gasteiger partial charge in [0, 0.05) is 4.11 Å². The maximum absolute atomic E-state index is 14.0. The maximum atomic E-state index is 14.0. The van der Waals surface area contributed by atoms with E-state index in [1.807, 2.05) is 6.92 Å². The van der Waals surface area contributed by atoms with Crippen molar-refractivity contribution in [3.8, 4) is 6.07 Å². The molecular formula is C20H24FN. The molecule has 0 N–H and O–H groups in total. The Kier molecular flexibility index (Phi) is 3.59. The molecule has 2 aliphatic rings. The van der Waals surface area contributed by atoms with E-state index in [1.165, 1.54) is 12.1 Å². The summed E-state index contributed by atoms with van der Waals surface area (Å²) in [6.07, 6.45) is 5.53. The van der Waals surface area contributed by atoms with Crippen molar-refractivity contribution in [1.82, 2.24) is 0 Å². The molecule has 1 nitrogen and oxygen atoms in total. The van der Waals surface area contributed by atoms with Gasteiger partial charge in [0.25, 0.3) is 0 Å². The third-order valence-electron chi connectivity index (χ3n) is 5.03. The maximum Gasteiger partial charge on any atom is 0.141 e. The van der Waals surface area contributed by atoms with Crippen LogP contribution in [0.5, 0.6) is 0 Å². The van der Waals surface area contributed by atoms with Crippen LogP contribution in [-0.2, 0) is 0 Å². The molecule has 5 atom stereocenters. The Labute approximate surface area is 137 Å². The van der Waals surface area contributed by atoms with Crippen LogP contribution in [0.1, 0.15) is 66.5 Å². The normalized spacial score (nSPS) is 39.3. The van der Waals surface area contributed by atoms with E-state index in [0.717, 1.165) is 19.3 Å². The van der Waals surface area contributed by atoms with E-state index in [1.54, 1.807) is 12.1 Å². The average molecular weight is 300 g/mol. The van der Waals surface area contributed by atoms with E-state index in [0.29, 0.717) is 17.9 Å². The fourth-order valence-corrected chi connectivity index (χ4v) is 3.88. The first kappa shape index (κ1) is 11.9. The molecule has 3 rings (SSSR count). The lowest BCUT2D eigenvalue weighted by Crippen LogP contribution is -2.30. The SMILES string of the molecule is [2H]C1CC2CC(C=CC)CCC2C([2H])([2H])C1c1ccc(C#N)c(F)c1. The number of benzene rings is 1. The molecule has 0 amide bonds.